The Balaban J connectivity index is 1.55. The van der Waals surface area contributed by atoms with Crippen LogP contribution < -0.4 is 0 Å². The number of carboxylic acids is 1. The van der Waals surface area contributed by atoms with E-state index in [-0.39, 0.29) is 49.9 Å². The highest BCUT2D eigenvalue weighted by Crippen LogP contribution is 2.28. The van der Waals surface area contributed by atoms with Gasteiger partial charge in [-0.05, 0) is 23.3 Å². The Hall–Kier alpha value is -3.27. The van der Waals surface area contributed by atoms with Crippen LogP contribution in [0.3, 0.4) is 0 Å². The molecular formula is C29H32O8. The van der Waals surface area contributed by atoms with Crippen molar-refractivity contribution in [3.8, 4) is 5.75 Å². The third-order valence-corrected chi connectivity index (χ3v) is 6.00. The summed E-state index contributed by atoms with van der Waals surface area (Å²) >= 11 is 0. The highest BCUT2D eigenvalue weighted by Gasteiger charge is 2.18. The Labute approximate surface area is 216 Å². The van der Waals surface area contributed by atoms with Gasteiger partial charge < -0.3 is 33.9 Å². The lowest BCUT2D eigenvalue weighted by Gasteiger charge is -2.21. The van der Waals surface area contributed by atoms with E-state index in [4.69, 9.17) is 23.7 Å². The smallest absolute Gasteiger partial charge is 0.335 e. The van der Waals surface area contributed by atoms with Gasteiger partial charge in [0.1, 0.15) is 18.0 Å². The van der Waals surface area contributed by atoms with Crippen LogP contribution in [0.15, 0.2) is 72.8 Å². The van der Waals surface area contributed by atoms with E-state index in [0.717, 1.165) is 11.1 Å². The number of ether oxygens (including phenoxy) is 5. The summed E-state index contributed by atoms with van der Waals surface area (Å²) in [6.45, 7) is 1.96. The molecule has 2 N–H and O–H groups in total. The number of hydrogen-bond donors (Lipinski definition) is 2. The predicted molar refractivity (Wildman–Crippen MR) is 135 cm³/mol. The second kappa shape index (κ2) is 13.9. The Morgan fingerprint density at radius 2 is 1.14 bits per heavy atom. The topological polar surface area (TPSA) is 104 Å². The fourth-order valence-electron chi connectivity index (χ4n) is 4.07. The highest BCUT2D eigenvalue weighted by molar-refractivity contribution is 5.88. The van der Waals surface area contributed by atoms with Gasteiger partial charge in [-0.25, -0.2) is 4.79 Å². The fraction of sp³-hybridized carbons (Fsp3) is 0.345. The van der Waals surface area contributed by atoms with E-state index in [0.29, 0.717) is 37.6 Å². The fourth-order valence-corrected chi connectivity index (χ4v) is 4.07. The molecule has 0 spiro atoms. The molecule has 8 nitrogen and oxygen atoms in total. The van der Waals surface area contributed by atoms with Crippen molar-refractivity contribution >= 4 is 5.97 Å². The van der Waals surface area contributed by atoms with Gasteiger partial charge in [-0.1, -0.05) is 60.7 Å². The van der Waals surface area contributed by atoms with Gasteiger partial charge in [-0.3, -0.25) is 0 Å². The number of hydrogen-bond acceptors (Lipinski definition) is 7. The summed E-state index contributed by atoms with van der Waals surface area (Å²) < 4.78 is 29.6. The predicted octanol–water partition coefficient (Wildman–Crippen LogP) is 4.67. The van der Waals surface area contributed by atoms with Crippen LogP contribution in [0.25, 0.3) is 0 Å². The van der Waals surface area contributed by atoms with Crippen molar-refractivity contribution < 1.29 is 38.7 Å². The molecule has 1 heterocycles. The summed E-state index contributed by atoms with van der Waals surface area (Å²) in [4.78, 5) is 11.7. The Bertz CT molecular complexity index is 1040. The molecule has 2 bridgehead atoms. The number of phenolic OH excluding ortho intramolecular Hbond substituents is 1. The summed E-state index contributed by atoms with van der Waals surface area (Å²) in [5.41, 5.74) is 2.68. The first-order valence-electron chi connectivity index (χ1n) is 12.3. The average molecular weight is 509 g/mol. The van der Waals surface area contributed by atoms with Crippen molar-refractivity contribution in [1.82, 2.24) is 0 Å². The summed E-state index contributed by atoms with van der Waals surface area (Å²) in [5, 5.41) is 20.5. The molecule has 0 aliphatic carbocycles. The van der Waals surface area contributed by atoms with Crippen LogP contribution in [0.5, 0.6) is 5.75 Å². The van der Waals surface area contributed by atoms with E-state index in [1.165, 1.54) is 12.1 Å². The molecule has 2 atom stereocenters. The quantitative estimate of drug-likeness (QED) is 0.526. The largest absolute Gasteiger partial charge is 0.507 e. The number of carboxylic acid groups (broad SMARTS) is 1. The van der Waals surface area contributed by atoms with Crippen molar-refractivity contribution in [2.24, 2.45) is 0 Å². The van der Waals surface area contributed by atoms with Gasteiger partial charge in [0.25, 0.3) is 0 Å². The molecule has 0 saturated heterocycles. The molecule has 1 aliphatic heterocycles. The van der Waals surface area contributed by atoms with Crippen LogP contribution in [0, 0.1) is 0 Å². The van der Waals surface area contributed by atoms with E-state index in [1.54, 1.807) is 0 Å². The molecule has 37 heavy (non-hydrogen) atoms. The van der Waals surface area contributed by atoms with Gasteiger partial charge in [0.2, 0.25) is 0 Å². The second-order valence-corrected chi connectivity index (χ2v) is 8.63. The van der Waals surface area contributed by atoms with Crippen molar-refractivity contribution in [3.63, 3.8) is 0 Å². The summed E-state index contributed by atoms with van der Waals surface area (Å²) in [7, 11) is 0. The minimum atomic E-state index is -1.10. The standard InChI is InChI=1S/C29H32O8/c30-28-24-15-23(29(31)32)16-25(28)18-35-20-27(22-9-5-2-6-10-22)37-14-12-33-11-13-36-26(19-34-17-24)21-7-3-1-4-8-21/h1-10,15-16,26-27,30H,11-14,17-20H2,(H,31,32)/t26-,27-/m1/s1. The number of fused-ring (bicyclic) bond motifs is 2. The molecule has 0 radical (unpaired) electrons. The zero-order valence-corrected chi connectivity index (χ0v) is 20.6. The molecule has 0 aromatic heterocycles. The third kappa shape index (κ3) is 7.85. The normalized spacial score (nSPS) is 20.4. The molecule has 0 unspecified atom stereocenters. The summed E-state index contributed by atoms with van der Waals surface area (Å²) in [6.07, 6.45) is -0.704. The average Bonchev–Trinajstić information content (AvgIpc) is 2.92. The SMILES string of the molecule is O=C(O)c1cc2c(O)c(c1)COC[C@H](c1ccccc1)OCCOCCO[C@@H](c1ccccc1)COC2. The van der Waals surface area contributed by atoms with Crippen molar-refractivity contribution in [2.75, 3.05) is 39.6 Å². The molecule has 196 valence electrons. The number of carbonyl (C=O) groups is 1. The molecule has 4 rings (SSSR count). The van der Waals surface area contributed by atoms with E-state index in [2.05, 4.69) is 0 Å². The van der Waals surface area contributed by atoms with E-state index >= 15 is 0 Å². The van der Waals surface area contributed by atoms with Crippen LogP contribution in [0.4, 0.5) is 0 Å². The number of phenols is 1. The molecule has 0 saturated carbocycles. The Morgan fingerprint density at radius 3 is 1.57 bits per heavy atom. The molecule has 0 fully saturated rings. The first-order chi connectivity index (χ1) is 18.1. The summed E-state index contributed by atoms with van der Waals surface area (Å²) in [5.74, 6) is -1.14. The minimum Gasteiger partial charge on any atom is -0.507 e. The molecule has 3 aromatic carbocycles. The summed E-state index contributed by atoms with van der Waals surface area (Å²) in [6, 6.07) is 22.2. The molecule has 0 amide bonds. The zero-order valence-electron chi connectivity index (χ0n) is 20.6. The molecule has 8 heteroatoms. The van der Waals surface area contributed by atoms with Crippen LogP contribution in [-0.4, -0.2) is 55.8 Å². The maximum Gasteiger partial charge on any atom is 0.335 e. The third-order valence-electron chi connectivity index (χ3n) is 6.00. The second-order valence-electron chi connectivity index (χ2n) is 8.63. The van der Waals surface area contributed by atoms with E-state index in [9.17, 15) is 15.0 Å². The van der Waals surface area contributed by atoms with Crippen LogP contribution in [-0.2, 0) is 36.9 Å². The van der Waals surface area contributed by atoms with Crippen LogP contribution in [0.1, 0.15) is 44.8 Å². The number of benzene rings is 3. The molecule has 1 aliphatic rings. The van der Waals surface area contributed by atoms with E-state index in [1.807, 2.05) is 60.7 Å². The number of rotatable bonds is 3. The van der Waals surface area contributed by atoms with Gasteiger partial charge in [0.05, 0.1) is 58.4 Å². The monoisotopic (exact) mass is 508 g/mol. The minimum absolute atomic E-state index is 0.0128. The highest BCUT2D eigenvalue weighted by atomic mass is 16.6. The van der Waals surface area contributed by atoms with Crippen LogP contribution in [0.2, 0.25) is 0 Å². The van der Waals surface area contributed by atoms with Gasteiger partial charge in [0, 0.05) is 11.1 Å². The first kappa shape index (κ1) is 26.8. The van der Waals surface area contributed by atoms with Crippen molar-refractivity contribution in [2.45, 2.75) is 25.4 Å². The lowest BCUT2D eigenvalue weighted by Crippen LogP contribution is -2.18. The lowest BCUT2D eigenvalue weighted by atomic mass is 10.0. The van der Waals surface area contributed by atoms with Gasteiger partial charge in [-0.2, -0.15) is 0 Å². The maximum absolute atomic E-state index is 11.7. The number of aromatic carboxylic acids is 1. The first-order valence-corrected chi connectivity index (χ1v) is 12.3. The van der Waals surface area contributed by atoms with Crippen molar-refractivity contribution in [3.05, 3.63) is 101 Å². The maximum atomic E-state index is 11.7. The molecule has 3 aromatic rings. The zero-order chi connectivity index (χ0) is 25.9. The number of aromatic hydroxyl groups is 1. The van der Waals surface area contributed by atoms with Gasteiger partial charge in [0.15, 0.2) is 0 Å². The van der Waals surface area contributed by atoms with Gasteiger partial charge in [-0.15, -0.1) is 0 Å². The van der Waals surface area contributed by atoms with Gasteiger partial charge >= 0.3 is 5.97 Å². The van der Waals surface area contributed by atoms with Crippen LogP contribution >= 0.6 is 0 Å². The Morgan fingerprint density at radius 1 is 0.676 bits per heavy atom. The molecular weight excluding hydrogens is 476 g/mol. The van der Waals surface area contributed by atoms with Crippen molar-refractivity contribution in [1.29, 1.82) is 0 Å². The Kier molecular flexibility index (Phi) is 10.0. The lowest BCUT2D eigenvalue weighted by molar-refractivity contribution is -0.0646. The van der Waals surface area contributed by atoms with E-state index < -0.39 is 5.97 Å².